The van der Waals surface area contributed by atoms with Crippen LogP contribution >= 0.6 is 0 Å². The summed E-state index contributed by atoms with van der Waals surface area (Å²) in [6, 6.07) is 9.00. The minimum atomic E-state index is -0.549. The predicted molar refractivity (Wildman–Crippen MR) is 69.2 cm³/mol. The molecule has 98 valence electrons. The van der Waals surface area contributed by atoms with E-state index in [0.717, 1.165) is 11.8 Å². The summed E-state index contributed by atoms with van der Waals surface area (Å²) in [5.41, 5.74) is 0.336. The zero-order valence-electron chi connectivity index (χ0n) is 11.0. The molecular weight excluding hydrogens is 230 g/mol. The summed E-state index contributed by atoms with van der Waals surface area (Å²) in [5.74, 6) is 0. The molecule has 1 aromatic carbocycles. The number of carbonyl (C=O) groups is 2. The number of benzene rings is 1. The second-order valence-corrected chi connectivity index (χ2v) is 5.01. The van der Waals surface area contributed by atoms with E-state index in [1.54, 1.807) is 20.8 Å². The van der Waals surface area contributed by atoms with Crippen LogP contribution in [0.2, 0.25) is 0 Å². The molecule has 0 saturated carbocycles. The maximum absolute atomic E-state index is 11.7. The fraction of sp³-hybridized carbons (Fsp3) is 0.429. The van der Waals surface area contributed by atoms with Crippen LogP contribution in [-0.4, -0.2) is 18.0 Å². The monoisotopic (exact) mass is 249 g/mol. The van der Waals surface area contributed by atoms with E-state index in [4.69, 9.17) is 4.74 Å². The van der Waals surface area contributed by atoms with Crippen LogP contribution in [0, 0.1) is 0 Å². The first-order valence-corrected chi connectivity index (χ1v) is 5.90. The molecule has 1 rings (SSSR count). The fourth-order valence-electron chi connectivity index (χ4n) is 1.51. The zero-order chi connectivity index (χ0) is 13.6. The highest BCUT2D eigenvalue weighted by Gasteiger charge is 2.20. The summed E-state index contributed by atoms with van der Waals surface area (Å²) in [5, 5.41) is 2.70. The molecule has 0 bridgehead atoms. The molecule has 0 spiro atoms. The van der Waals surface area contributed by atoms with Gasteiger partial charge in [0.2, 0.25) is 0 Å². The van der Waals surface area contributed by atoms with Crippen LogP contribution in [0.25, 0.3) is 0 Å². The molecule has 0 aliphatic carbocycles. The molecule has 0 saturated heterocycles. The lowest BCUT2D eigenvalue weighted by molar-refractivity contribution is -0.108. The minimum absolute atomic E-state index is 0.225. The van der Waals surface area contributed by atoms with Gasteiger partial charge < -0.3 is 14.8 Å². The summed E-state index contributed by atoms with van der Waals surface area (Å²) in [6.07, 6.45) is 0.497. The van der Waals surface area contributed by atoms with Gasteiger partial charge in [-0.15, -0.1) is 0 Å². The van der Waals surface area contributed by atoms with Gasteiger partial charge in [-0.05, 0) is 26.3 Å². The lowest BCUT2D eigenvalue weighted by Crippen LogP contribution is -2.35. The zero-order valence-corrected chi connectivity index (χ0v) is 11.0. The second-order valence-electron chi connectivity index (χ2n) is 5.01. The van der Waals surface area contributed by atoms with E-state index in [-0.39, 0.29) is 12.5 Å². The predicted octanol–water partition coefficient (Wildman–Crippen LogP) is 2.84. The largest absolute Gasteiger partial charge is 0.444 e. The Labute approximate surface area is 107 Å². The highest BCUT2D eigenvalue weighted by molar-refractivity contribution is 5.69. The van der Waals surface area contributed by atoms with Gasteiger partial charge in [-0.3, -0.25) is 0 Å². The van der Waals surface area contributed by atoms with Crippen molar-refractivity contribution in [3.05, 3.63) is 35.9 Å². The van der Waals surface area contributed by atoms with Crippen LogP contribution in [0.4, 0.5) is 4.79 Å². The van der Waals surface area contributed by atoms with Crippen LogP contribution in [0.1, 0.15) is 38.8 Å². The Morgan fingerprint density at radius 3 is 2.44 bits per heavy atom. The van der Waals surface area contributed by atoms with E-state index >= 15 is 0 Å². The Kier molecular flexibility index (Phi) is 4.89. The number of ether oxygens (including phenoxy) is 1. The molecule has 0 fully saturated rings. The van der Waals surface area contributed by atoms with E-state index in [0.29, 0.717) is 0 Å². The summed E-state index contributed by atoms with van der Waals surface area (Å²) >= 11 is 0. The number of hydrogen-bond acceptors (Lipinski definition) is 3. The Hall–Kier alpha value is -1.84. The highest BCUT2D eigenvalue weighted by Crippen LogP contribution is 2.16. The normalized spacial score (nSPS) is 12.6. The van der Waals surface area contributed by atoms with Gasteiger partial charge in [-0.2, -0.15) is 0 Å². The maximum atomic E-state index is 11.7. The lowest BCUT2D eigenvalue weighted by Gasteiger charge is -2.23. The van der Waals surface area contributed by atoms with Crippen molar-refractivity contribution < 1.29 is 14.3 Å². The van der Waals surface area contributed by atoms with Crippen LogP contribution in [0.5, 0.6) is 0 Å². The van der Waals surface area contributed by atoms with Crippen LogP contribution < -0.4 is 5.32 Å². The molecule has 0 radical (unpaired) electrons. The SMILES string of the molecule is CC(C)(C)OC(=O)N[C@H](CC=O)c1ccccc1. The average molecular weight is 249 g/mol. The van der Waals surface area contributed by atoms with E-state index in [1.807, 2.05) is 30.3 Å². The number of aldehydes is 1. The number of carbonyl (C=O) groups excluding carboxylic acids is 2. The first-order valence-electron chi connectivity index (χ1n) is 5.90. The molecule has 18 heavy (non-hydrogen) atoms. The van der Waals surface area contributed by atoms with Gasteiger partial charge in [0.25, 0.3) is 0 Å². The summed E-state index contributed by atoms with van der Waals surface area (Å²) in [6.45, 7) is 5.39. The van der Waals surface area contributed by atoms with Crippen molar-refractivity contribution in [3.63, 3.8) is 0 Å². The van der Waals surface area contributed by atoms with E-state index < -0.39 is 11.7 Å². The van der Waals surface area contributed by atoms with Crippen molar-refractivity contribution in [2.45, 2.75) is 38.8 Å². The van der Waals surface area contributed by atoms with Gasteiger partial charge in [0, 0.05) is 6.42 Å². The molecule has 1 atom stereocenters. The van der Waals surface area contributed by atoms with Gasteiger partial charge in [0.05, 0.1) is 6.04 Å². The second kappa shape index (κ2) is 6.19. The van der Waals surface area contributed by atoms with Gasteiger partial charge in [0.1, 0.15) is 11.9 Å². The fourth-order valence-corrected chi connectivity index (χ4v) is 1.51. The average Bonchev–Trinajstić information content (AvgIpc) is 2.27. The molecule has 1 amide bonds. The molecule has 0 aliphatic rings. The third-order valence-corrected chi connectivity index (χ3v) is 2.22. The first kappa shape index (κ1) is 14.2. The Morgan fingerprint density at radius 1 is 1.33 bits per heavy atom. The van der Waals surface area contributed by atoms with Crippen LogP contribution in [0.15, 0.2) is 30.3 Å². The Balaban J connectivity index is 2.70. The Morgan fingerprint density at radius 2 is 1.94 bits per heavy atom. The maximum Gasteiger partial charge on any atom is 0.408 e. The smallest absolute Gasteiger partial charge is 0.408 e. The van der Waals surface area contributed by atoms with Gasteiger partial charge in [-0.1, -0.05) is 30.3 Å². The molecule has 4 heteroatoms. The standard InChI is InChI=1S/C14H19NO3/c1-14(2,3)18-13(17)15-12(9-10-16)11-7-5-4-6-8-11/h4-8,10,12H,9H2,1-3H3,(H,15,17)/t12-/m1/s1. The molecule has 0 heterocycles. The van der Waals surface area contributed by atoms with Gasteiger partial charge in [0.15, 0.2) is 0 Å². The summed E-state index contributed by atoms with van der Waals surface area (Å²) in [7, 11) is 0. The van der Waals surface area contributed by atoms with Crippen molar-refractivity contribution in [1.29, 1.82) is 0 Å². The van der Waals surface area contributed by atoms with E-state index in [1.165, 1.54) is 0 Å². The number of alkyl carbamates (subject to hydrolysis) is 1. The van der Waals surface area contributed by atoms with Crippen LogP contribution in [0.3, 0.4) is 0 Å². The molecule has 1 aromatic rings. The summed E-state index contributed by atoms with van der Waals surface area (Å²) < 4.78 is 5.17. The Bertz CT molecular complexity index is 395. The third-order valence-electron chi connectivity index (χ3n) is 2.22. The molecular formula is C14H19NO3. The van der Waals surface area contributed by atoms with E-state index in [9.17, 15) is 9.59 Å². The van der Waals surface area contributed by atoms with Crippen molar-refractivity contribution >= 4 is 12.4 Å². The molecule has 4 nitrogen and oxygen atoms in total. The van der Waals surface area contributed by atoms with Crippen molar-refractivity contribution in [3.8, 4) is 0 Å². The topological polar surface area (TPSA) is 55.4 Å². The van der Waals surface area contributed by atoms with E-state index in [2.05, 4.69) is 5.32 Å². The van der Waals surface area contributed by atoms with Crippen LogP contribution in [-0.2, 0) is 9.53 Å². The minimum Gasteiger partial charge on any atom is -0.444 e. The van der Waals surface area contributed by atoms with Gasteiger partial charge >= 0.3 is 6.09 Å². The van der Waals surface area contributed by atoms with Crippen molar-refractivity contribution in [1.82, 2.24) is 5.32 Å². The molecule has 0 aromatic heterocycles. The quantitative estimate of drug-likeness (QED) is 0.835. The molecule has 0 unspecified atom stereocenters. The van der Waals surface area contributed by atoms with Crippen molar-refractivity contribution in [2.24, 2.45) is 0 Å². The molecule has 1 N–H and O–H groups in total. The third kappa shape index (κ3) is 4.99. The number of amides is 1. The molecule has 0 aliphatic heterocycles. The lowest BCUT2D eigenvalue weighted by atomic mass is 10.0. The highest BCUT2D eigenvalue weighted by atomic mass is 16.6. The number of nitrogens with one attached hydrogen (secondary N) is 1. The van der Waals surface area contributed by atoms with Crippen molar-refractivity contribution in [2.75, 3.05) is 0 Å². The first-order chi connectivity index (χ1) is 8.42. The summed E-state index contributed by atoms with van der Waals surface area (Å²) in [4.78, 5) is 22.3. The number of hydrogen-bond donors (Lipinski definition) is 1. The number of rotatable bonds is 4. The van der Waals surface area contributed by atoms with Gasteiger partial charge in [-0.25, -0.2) is 4.79 Å².